The lowest BCUT2D eigenvalue weighted by molar-refractivity contribution is -0.115. The number of hydrogen-bond donors (Lipinski definition) is 4. The van der Waals surface area contributed by atoms with Crippen LogP contribution in [0.15, 0.2) is 59.5 Å². The number of anilines is 1. The minimum atomic E-state index is -0.633. The van der Waals surface area contributed by atoms with Gasteiger partial charge in [0.1, 0.15) is 5.56 Å². The molecule has 0 spiro atoms. The molecule has 0 saturated heterocycles. The Morgan fingerprint density at radius 1 is 0.938 bits per heavy atom. The molecule has 8 nitrogen and oxygen atoms in total. The summed E-state index contributed by atoms with van der Waals surface area (Å²) >= 11 is 0. The maximum atomic E-state index is 12.5. The van der Waals surface area contributed by atoms with Crippen LogP contribution < -0.4 is 21.4 Å². The van der Waals surface area contributed by atoms with Crippen molar-refractivity contribution < 1.29 is 14.4 Å². The number of para-hydroxylation sites is 1. The molecule has 1 saturated carbocycles. The van der Waals surface area contributed by atoms with Crippen LogP contribution in [0.25, 0.3) is 10.9 Å². The molecule has 3 aromatic rings. The largest absolute Gasteiger partial charge is 0.360 e. The lowest BCUT2D eigenvalue weighted by Gasteiger charge is -2.12. The smallest absolute Gasteiger partial charge is 0.257 e. The third kappa shape index (κ3) is 4.85. The van der Waals surface area contributed by atoms with Gasteiger partial charge in [0.25, 0.3) is 11.8 Å². The number of carbonyl (C=O) groups excluding carboxylic acids is 3. The Bertz CT molecular complexity index is 1210. The van der Waals surface area contributed by atoms with Gasteiger partial charge < -0.3 is 20.9 Å². The van der Waals surface area contributed by atoms with E-state index in [2.05, 4.69) is 20.9 Å². The SMILES string of the molecule is O=C(CNC(=O)c1c[nH]c2ccccc2c1=O)Nc1ccc(C(=O)NC2CCCC2)cc1. The normalized spacial score (nSPS) is 13.6. The van der Waals surface area contributed by atoms with E-state index in [4.69, 9.17) is 0 Å². The van der Waals surface area contributed by atoms with Gasteiger partial charge in [0.2, 0.25) is 11.3 Å². The summed E-state index contributed by atoms with van der Waals surface area (Å²) in [5.74, 6) is -1.20. The molecule has 32 heavy (non-hydrogen) atoms. The number of fused-ring (bicyclic) bond motifs is 1. The fourth-order valence-electron chi connectivity index (χ4n) is 3.84. The van der Waals surface area contributed by atoms with Gasteiger partial charge in [-0.25, -0.2) is 0 Å². The third-order valence-corrected chi connectivity index (χ3v) is 5.56. The van der Waals surface area contributed by atoms with Crippen molar-refractivity contribution in [2.75, 3.05) is 11.9 Å². The van der Waals surface area contributed by atoms with E-state index < -0.39 is 17.2 Å². The van der Waals surface area contributed by atoms with Crippen LogP contribution in [0, 0.1) is 0 Å². The molecule has 3 amide bonds. The maximum Gasteiger partial charge on any atom is 0.257 e. The molecule has 1 aromatic heterocycles. The Labute approximate surface area is 184 Å². The predicted octanol–water partition coefficient (Wildman–Crippen LogP) is 2.57. The molecule has 0 bridgehead atoms. The van der Waals surface area contributed by atoms with Gasteiger partial charge >= 0.3 is 0 Å². The monoisotopic (exact) mass is 432 g/mol. The van der Waals surface area contributed by atoms with E-state index in [0.717, 1.165) is 25.7 Å². The molecule has 1 fully saturated rings. The van der Waals surface area contributed by atoms with Crippen molar-refractivity contribution >= 4 is 34.3 Å². The number of hydrogen-bond acceptors (Lipinski definition) is 4. The minimum absolute atomic E-state index is 0.0610. The van der Waals surface area contributed by atoms with E-state index in [1.165, 1.54) is 6.20 Å². The second kappa shape index (κ2) is 9.47. The quantitative estimate of drug-likeness (QED) is 0.478. The van der Waals surface area contributed by atoms with Gasteiger partial charge in [0.15, 0.2) is 0 Å². The summed E-state index contributed by atoms with van der Waals surface area (Å²) in [5, 5.41) is 8.54. The van der Waals surface area contributed by atoms with Crippen molar-refractivity contribution in [2.45, 2.75) is 31.7 Å². The highest BCUT2D eigenvalue weighted by Crippen LogP contribution is 2.18. The number of rotatable bonds is 6. The zero-order chi connectivity index (χ0) is 22.5. The number of aromatic amines is 1. The predicted molar refractivity (Wildman–Crippen MR) is 122 cm³/mol. The topological polar surface area (TPSA) is 120 Å². The molecule has 4 rings (SSSR count). The number of H-pyrrole nitrogens is 1. The lowest BCUT2D eigenvalue weighted by atomic mass is 10.1. The average molecular weight is 432 g/mol. The van der Waals surface area contributed by atoms with Crippen molar-refractivity contribution in [1.29, 1.82) is 0 Å². The van der Waals surface area contributed by atoms with E-state index in [1.54, 1.807) is 48.5 Å². The summed E-state index contributed by atoms with van der Waals surface area (Å²) < 4.78 is 0. The van der Waals surface area contributed by atoms with Gasteiger partial charge in [0.05, 0.1) is 6.54 Å². The molecule has 0 unspecified atom stereocenters. The molecular weight excluding hydrogens is 408 g/mol. The molecule has 1 heterocycles. The van der Waals surface area contributed by atoms with Crippen molar-refractivity contribution in [3.8, 4) is 0 Å². The van der Waals surface area contributed by atoms with Crippen LogP contribution in [0.3, 0.4) is 0 Å². The molecule has 0 atom stereocenters. The minimum Gasteiger partial charge on any atom is -0.360 e. The van der Waals surface area contributed by atoms with Gasteiger partial charge in [-0.05, 0) is 49.2 Å². The molecule has 4 N–H and O–H groups in total. The Hall–Kier alpha value is -3.94. The summed E-state index contributed by atoms with van der Waals surface area (Å²) in [6, 6.07) is 13.7. The Balaban J connectivity index is 1.31. The molecule has 1 aliphatic rings. The summed E-state index contributed by atoms with van der Waals surface area (Å²) in [7, 11) is 0. The molecular formula is C24H24N4O4. The van der Waals surface area contributed by atoms with Crippen LogP contribution in [0.1, 0.15) is 46.4 Å². The highest BCUT2D eigenvalue weighted by molar-refractivity contribution is 6.01. The highest BCUT2D eigenvalue weighted by Gasteiger charge is 2.18. The number of amides is 3. The summed E-state index contributed by atoms with van der Waals surface area (Å²) in [5.41, 5.74) is 1.20. The molecule has 164 valence electrons. The molecule has 0 radical (unpaired) electrons. The Kier molecular flexibility index (Phi) is 6.30. The van der Waals surface area contributed by atoms with E-state index in [0.29, 0.717) is 22.2 Å². The first-order chi connectivity index (χ1) is 15.5. The van der Waals surface area contributed by atoms with Crippen molar-refractivity contribution in [3.05, 3.63) is 76.1 Å². The average Bonchev–Trinajstić information content (AvgIpc) is 3.31. The summed E-state index contributed by atoms with van der Waals surface area (Å²) in [6.07, 6.45) is 5.64. The van der Waals surface area contributed by atoms with Gasteiger partial charge in [-0.2, -0.15) is 0 Å². The van der Waals surface area contributed by atoms with Crippen LogP contribution >= 0.6 is 0 Å². The molecule has 2 aromatic carbocycles. The number of benzene rings is 2. The molecule has 8 heteroatoms. The first-order valence-electron chi connectivity index (χ1n) is 10.6. The van der Waals surface area contributed by atoms with Gasteiger partial charge in [-0.3, -0.25) is 19.2 Å². The number of carbonyl (C=O) groups is 3. The lowest BCUT2D eigenvalue weighted by Crippen LogP contribution is -2.35. The zero-order valence-corrected chi connectivity index (χ0v) is 17.4. The van der Waals surface area contributed by atoms with Gasteiger partial charge in [-0.15, -0.1) is 0 Å². The second-order valence-corrected chi connectivity index (χ2v) is 7.84. The van der Waals surface area contributed by atoms with Gasteiger partial charge in [0, 0.05) is 34.4 Å². The van der Waals surface area contributed by atoms with Gasteiger partial charge in [-0.1, -0.05) is 25.0 Å². The number of nitrogens with one attached hydrogen (secondary N) is 4. The third-order valence-electron chi connectivity index (χ3n) is 5.56. The molecule has 1 aliphatic carbocycles. The van der Waals surface area contributed by atoms with E-state index in [-0.39, 0.29) is 24.1 Å². The van der Waals surface area contributed by atoms with Crippen molar-refractivity contribution in [1.82, 2.24) is 15.6 Å². The van der Waals surface area contributed by atoms with E-state index in [1.807, 2.05) is 0 Å². The number of pyridine rings is 1. The molecule has 0 aliphatic heterocycles. The first-order valence-corrected chi connectivity index (χ1v) is 10.6. The fraction of sp³-hybridized carbons (Fsp3) is 0.250. The summed E-state index contributed by atoms with van der Waals surface area (Å²) in [6.45, 7) is -0.297. The zero-order valence-electron chi connectivity index (χ0n) is 17.4. The number of aromatic nitrogens is 1. The highest BCUT2D eigenvalue weighted by atomic mass is 16.2. The Morgan fingerprint density at radius 3 is 2.41 bits per heavy atom. The van der Waals surface area contributed by atoms with E-state index >= 15 is 0 Å². The Morgan fingerprint density at radius 2 is 1.66 bits per heavy atom. The second-order valence-electron chi connectivity index (χ2n) is 7.84. The van der Waals surface area contributed by atoms with E-state index in [9.17, 15) is 19.2 Å². The van der Waals surface area contributed by atoms with Crippen molar-refractivity contribution in [3.63, 3.8) is 0 Å². The van der Waals surface area contributed by atoms with Crippen LogP contribution in [0.2, 0.25) is 0 Å². The van der Waals surface area contributed by atoms with Crippen LogP contribution in [0.4, 0.5) is 5.69 Å². The van der Waals surface area contributed by atoms with Crippen LogP contribution in [0.5, 0.6) is 0 Å². The van der Waals surface area contributed by atoms with Crippen molar-refractivity contribution in [2.24, 2.45) is 0 Å². The standard InChI is InChI=1S/C24H24N4O4/c29-21(14-26-24(32)19-13-25-20-8-4-3-7-18(20)22(19)30)27-17-11-9-15(10-12-17)23(31)28-16-5-1-2-6-16/h3-4,7-13,16H,1-2,5-6,14H2,(H,25,30)(H,26,32)(H,27,29)(H,28,31). The van der Waals surface area contributed by atoms with Crippen LogP contribution in [-0.4, -0.2) is 35.3 Å². The fourth-order valence-corrected chi connectivity index (χ4v) is 3.84. The maximum absolute atomic E-state index is 12.5. The van der Waals surface area contributed by atoms with Crippen LogP contribution in [-0.2, 0) is 4.79 Å². The summed E-state index contributed by atoms with van der Waals surface area (Å²) in [4.78, 5) is 52.3. The first kappa shape index (κ1) is 21.3.